The first-order chi connectivity index (χ1) is 13.7. The summed E-state index contributed by atoms with van der Waals surface area (Å²) in [6.45, 7) is 2.52. The van der Waals surface area contributed by atoms with Crippen LogP contribution in [0.4, 0.5) is 5.69 Å². The summed E-state index contributed by atoms with van der Waals surface area (Å²) in [4.78, 5) is 24.2. The highest BCUT2D eigenvalue weighted by atomic mass is 16.5. The monoisotopic (exact) mass is 377 g/mol. The van der Waals surface area contributed by atoms with Crippen LogP contribution in [-0.4, -0.2) is 25.1 Å². The number of hydrogen-bond acceptors (Lipinski definition) is 4. The fourth-order valence-electron chi connectivity index (χ4n) is 2.93. The molecule has 0 unspecified atom stereocenters. The van der Waals surface area contributed by atoms with Crippen LogP contribution in [0.5, 0.6) is 5.75 Å². The lowest BCUT2D eigenvalue weighted by Gasteiger charge is -2.12. The van der Waals surface area contributed by atoms with Gasteiger partial charge in [-0.25, -0.2) is 0 Å². The Morgan fingerprint density at radius 3 is 2.57 bits per heavy atom. The molecule has 0 saturated heterocycles. The van der Waals surface area contributed by atoms with Crippen LogP contribution in [0.25, 0.3) is 11.1 Å². The van der Waals surface area contributed by atoms with Crippen LogP contribution in [-0.2, 0) is 9.53 Å². The van der Waals surface area contributed by atoms with Gasteiger partial charge in [0.2, 0.25) is 0 Å². The second-order valence-corrected chi connectivity index (χ2v) is 6.23. The van der Waals surface area contributed by atoms with Crippen LogP contribution in [0.15, 0.2) is 66.7 Å². The number of hydrogen-bond donors (Lipinski definition) is 1. The Morgan fingerprint density at radius 1 is 0.929 bits per heavy atom. The zero-order valence-corrected chi connectivity index (χ0v) is 15.8. The van der Waals surface area contributed by atoms with E-state index < -0.39 is 0 Å². The molecule has 0 radical (unpaired) electrons. The smallest absolute Gasteiger partial charge is 0.305 e. The molecule has 2 aliphatic carbocycles. The Labute approximate surface area is 164 Å². The summed E-state index contributed by atoms with van der Waals surface area (Å²) in [5, 5.41) is 2.93. The number of carbonyl (C=O) groups is 2. The molecule has 0 bridgehead atoms. The maximum Gasteiger partial charge on any atom is 0.305 e. The van der Waals surface area contributed by atoms with Crippen LogP contribution < -0.4 is 10.1 Å². The number of nitrogens with one attached hydrogen (secondary N) is 1. The van der Waals surface area contributed by atoms with E-state index in [0.29, 0.717) is 43.1 Å². The van der Waals surface area contributed by atoms with Crippen LogP contribution in [0, 0.1) is 0 Å². The third-order valence-electron chi connectivity index (χ3n) is 4.26. The van der Waals surface area contributed by atoms with Gasteiger partial charge in [-0.3, -0.25) is 9.59 Å². The number of para-hydroxylation sites is 2. The van der Waals surface area contributed by atoms with Gasteiger partial charge in [0.25, 0.3) is 5.91 Å². The third-order valence-corrected chi connectivity index (χ3v) is 4.26. The van der Waals surface area contributed by atoms with Gasteiger partial charge < -0.3 is 14.8 Å². The molecule has 5 heteroatoms. The number of esters is 1. The third kappa shape index (κ3) is 4.88. The van der Waals surface area contributed by atoms with Crippen molar-refractivity contribution < 1.29 is 19.1 Å². The first kappa shape index (κ1) is 19.4. The Balaban J connectivity index is 1.65. The Kier molecular flexibility index (Phi) is 6.63. The van der Waals surface area contributed by atoms with E-state index in [2.05, 4.69) is 5.32 Å². The van der Waals surface area contributed by atoms with Gasteiger partial charge in [-0.2, -0.15) is 0 Å². The second-order valence-electron chi connectivity index (χ2n) is 6.23. The van der Waals surface area contributed by atoms with E-state index in [9.17, 15) is 9.59 Å². The number of rotatable bonds is 8. The molecule has 0 spiro atoms. The van der Waals surface area contributed by atoms with E-state index >= 15 is 0 Å². The van der Waals surface area contributed by atoms with Crippen molar-refractivity contribution in [1.29, 1.82) is 0 Å². The van der Waals surface area contributed by atoms with Crippen molar-refractivity contribution in [3.05, 3.63) is 72.3 Å². The lowest BCUT2D eigenvalue weighted by atomic mass is 10.1. The number of fused-ring (bicyclic) bond motifs is 1. The molecular formula is C23H23NO4. The maximum absolute atomic E-state index is 12.8. The molecule has 1 aromatic rings. The molecule has 1 aromatic carbocycles. The molecule has 2 aliphatic rings. The molecule has 0 aliphatic heterocycles. The number of ether oxygens (including phenoxy) is 2. The second kappa shape index (κ2) is 9.55. The molecule has 3 rings (SSSR count). The molecule has 0 saturated carbocycles. The summed E-state index contributed by atoms with van der Waals surface area (Å²) in [5.41, 5.74) is 3.12. The molecule has 0 fully saturated rings. The van der Waals surface area contributed by atoms with Gasteiger partial charge in [-0.1, -0.05) is 48.5 Å². The average molecular weight is 377 g/mol. The SMILES string of the molecule is CCOC(=O)CCCOc1ccccc1NC(=O)c1ccc2cccccc1-2. The van der Waals surface area contributed by atoms with Gasteiger partial charge >= 0.3 is 5.97 Å². The lowest BCUT2D eigenvalue weighted by Crippen LogP contribution is -2.13. The summed E-state index contributed by atoms with van der Waals surface area (Å²) >= 11 is 0. The molecule has 144 valence electrons. The highest BCUT2D eigenvalue weighted by molar-refractivity contribution is 6.10. The Hall–Kier alpha value is -3.34. The zero-order valence-electron chi connectivity index (χ0n) is 15.8. The Bertz CT molecular complexity index is 922. The van der Waals surface area contributed by atoms with E-state index in [-0.39, 0.29) is 11.9 Å². The number of carbonyl (C=O) groups excluding carboxylic acids is 2. The predicted molar refractivity (Wildman–Crippen MR) is 109 cm³/mol. The highest BCUT2D eigenvalue weighted by Gasteiger charge is 2.16. The fraction of sp³-hybridized carbons (Fsp3) is 0.217. The van der Waals surface area contributed by atoms with Crippen molar-refractivity contribution in [3.63, 3.8) is 0 Å². The van der Waals surface area contributed by atoms with Gasteiger partial charge in [-0.05, 0) is 42.7 Å². The Morgan fingerprint density at radius 2 is 1.71 bits per heavy atom. The summed E-state index contributed by atoms with van der Waals surface area (Å²) in [7, 11) is 0. The molecule has 1 N–H and O–H groups in total. The molecule has 0 heterocycles. The van der Waals surface area contributed by atoms with Gasteiger partial charge in [-0.15, -0.1) is 0 Å². The van der Waals surface area contributed by atoms with Crippen LogP contribution in [0.2, 0.25) is 0 Å². The van der Waals surface area contributed by atoms with E-state index in [1.165, 1.54) is 0 Å². The molecule has 28 heavy (non-hydrogen) atoms. The van der Waals surface area contributed by atoms with Crippen molar-refractivity contribution in [1.82, 2.24) is 0 Å². The predicted octanol–water partition coefficient (Wildman–Crippen LogP) is 4.77. The van der Waals surface area contributed by atoms with E-state index in [1.54, 1.807) is 19.1 Å². The molecule has 1 amide bonds. The summed E-state index contributed by atoms with van der Waals surface area (Å²) in [5.74, 6) is 0.147. The van der Waals surface area contributed by atoms with Crippen molar-refractivity contribution in [3.8, 4) is 16.9 Å². The minimum Gasteiger partial charge on any atom is -0.491 e. The maximum atomic E-state index is 12.8. The quantitative estimate of drug-likeness (QED) is 0.454. The summed E-state index contributed by atoms with van der Waals surface area (Å²) in [6, 6.07) is 20.7. The van der Waals surface area contributed by atoms with Crippen molar-refractivity contribution in [2.45, 2.75) is 19.8 Å². The molecule has 0 atom stereocenters. The van der Waals surface area contributed by atoms with Crippen molar-refractivity contribution >= 4 is 17.6 Å². The number of anilines is 1. The average Bonchev–Trinajstić information content (AvgIpc) is 2.95. The summed E-state index contributed by atoms with van der Waals surface area (Å²) in [6.07, 6.45) is 0.851. The topological polar surface area (TPSA) is 64.6 Å². The van der Waals surface area contributed by atoms with Gasteiger partial charge in [0.1, 0.15) is 5.75 Å². The van der Waals surface area contributed by atoms with E-state index in [4.69, 9.17) is 9.47 Å². The minimum atomic E-state index is -0.232. The molecule has 0 aromatic heterocycles. The normalized spacial score (nSPS) is 10.5. The van der Waals surface area contributed by atoms with Gasteiger partial charge in [0.05, 0.1) is 18.9 Å². The van der Waals surface area contributed by atoms with Gasteiger partial charge in [0, 0.05) is 12.0 Å². The largest absolute Gasteiger partial charge is 0.491 e. The molecular weight excluding hydrogens is 354 g/mol. The number of benzene rings is 1. The summed E-state index contributed by atoms with van der Waals surface area (Å²) < 4.78 is 10.7. The van der Waals surface area contributed by atoms with Crippen molar-refractivity contribution in [2.75, 3.05) is 18.5 Å². The van der Waals surface area contributed by atoms with Crippen molar-refractivity contribution in [2.24, 2.45) is 0 Å². The van der Waals surface area contributed by atoms with Crippen LogP contribution >= 0.6 is 0 Å². The highest BCUT2D eigenvalue weighted by Crippen LogP contribution is 2.29. The number of amides is 1. The first-order valence-electron chi connectivity index (χ1n) is 9.35. The van der Waals surface area contributed by atoms with Crippen LogP contribution in [0.3, 0.4) is 0 Å². The lowest BCUT2D eigenvalue weighted by molar-refractivity contribution is -0.143. The zero-order chi connectivity index (χ0) is 19.8. The van der Waals surface area contributed by atoms with Crippen LogP contribution in [0.1, 0.15) is 30.1 Å². The fourth-order valence-corrected chi connectivity index (χ4v) is 2.93. The van der Waals surface area contributed by atoms with E-state index in [0.717, 1.165) is 11.1 Å². The van der Waals surface area contributed by atoms with Gasteiger partial charge in [0.15, 0.2) is 0 Å². The standard InChI is InChI=1S/C23H23NO4/c1-2-27-22(25)13-8-16-28-21-12-7-6-11-20(21)24-23(26)19-15-14-17-9-4-3-5-10-18(17)19/h3-7,9-12,14-15H,2,8,13,16H2,1H3,(H,24,26). The first-order valence-corrected chi connectivity index (χ1v) is 9.35. The minimum absolute atomic E-state index is 0.191. The molecule has 5 nitrogen and oxygen atoms in total. The van der Waals surface area contributed by atoms with E-state index in [1.807, 2.05) is 54.6 Å².